The highest BCUT2D eigenvalue weighted by Gasteiger charge is 2.15. The predicted octanol–water partition coefficient (Wildman–Crippen LogP) is 5.39. The number of hydrogen-bond donors (Lipinski definition) is 2. The summed E-state index contributed by atoms with van der Waals surface area (Å²) in [5.74, 6) is -1.68. The maximum atomic E-state index is 14.0. The molecule has 1 heterocycles. The zero-order valence-corrected chi connectivity index (χ0v) is 16.9. The third-order valence-electron chi connectivity index (χ3n) is 3.68. The molecule has 2 amide bonds. The number of hydrogen-bond acceptors (Lipinski definition) is 4. The fraction of sp³-hybridized carbons (Fsp3) is 0.105. The van der Waals surface area contributed by atoms with Gasteiger partial charge in [0.05, 0.1) is 5.56 Å². The number of amides is 2. The maximum absolute atomic E-state index is 14.0. The minimum Gasteiger partial charge on any atom is -0.326 e. The molecule has 1 aromatic heterocycles. The number of anilines is 2. The molecule has 0 saturated heterocycles. The highest BCUT2D eigenvalue weighted by molar-refractivity contribution is 7.15. The first kappa shape index (κ1) is 20.3. The Morgan fingerprint density at radius 1 is 1.14 bits per heavy atom. The first-order valence-electron chi connectivity index (χ1n) is 8.09. The molecule has 2 aromatic carbocycles. The highest BCUT2D eigenvalue weighted by atomic mass is 35.5. The molecule has 0 aliphatic heterocycles. The average molecular weight is 438 g/mol. The fourth-order valence-electron chi connectivity index (χ4n) is 2.46. The maximum Gasteiger partial charge on any atom is 0.260 e. The van der Waals surface area contributed by atoms with E-state index in [4.69, 9.17) is 23.2 Å². The molecule has 0 saturated carbocycles. The average Bonchev–Trinajstić information content (AvgIpc) is 3.06. The van der Waals surface area contributed by atoms with Gasteiger partial charge in [-0.05, 0) is 42.0 Å². The Morgan fingerprint density at radius 2 is 1.93 bits per heavy atom. The number of carbonyl (C=O) groups is 2. The molecule has 0 fully saturated rings. The molecule has 9 heteroatoms. The van der Waals surface area contributed by atoms with Crippen molar-refractivity contribution in [1.82, 2.24) is 4.98 Å². The first-order valence-corrected chi connectivity index (χ1v) is 9.66. The van der Waals surface area contributed by atoms with Gasteiger partial charge in [0.25, 0.3) is 5.91 Å². The molecule has 5 nitrogen and oxygen atoms in total. The quantitative estimate of drug-likeness (QED) is 0.561. The fourth-order valence-corrected chi connectivity index (χ4v) is 3.67. The van der Waals surface area contributed by atoms with Gasteiger partial charge in [0, 0.05) is 40.2 Å². The van der Waals surface area contributed by atoms with Crippen molar-refractivity contribution in [3.63, 3.8) is 0 Å². The smallest absolute Gasteiger partial charge is 0.260 e. The summed E-state index contributed by atoms with van der Waals surface area (Å²) in [5.41, 5.74) is 0.972. The number of carbonyl (C=O) groups excluding carboxylic acids is 2. The third-order valence-corrected chi connectivity index (χ3v) is 5.19. The Kier molecular flexibility index (Phi) is 6.28. The van der Waals surface area contributed by atoms with Gasteiger partial charge in [-0.1, -0.05) is 23.2 Å². The van der Waals surface area contributed by atoms with Crippen LogP contribution in [0.5, 0.6) is 0 Å². The van der Waals surface area contributed by atoms with Crippen LogP contribution in [0.1, 0.15) is 27.7 Å². The summed E-state index contributed by atoms with van der Waals surface area (Å²) in [7, 11) is 0. The van der Waals surface area contributed by atoms with Crippen molar-refractivity contribution in [1.29, 1.82) is 0 Å². The van der Waals surface area contributed by atoms with E-state index in [1.54, 1.807) is 24.4 Å². The number of aromatic nitrogens is 1. The van der Waals surface area contributed by atoms with Crippen molar-refractivity contribution in [2.24, 2.45) is 0 Å². The van der Waals surface area contributed by atoms with Crippen molar-refractivity contribution in [2.45, 2.75) is 13.3 Å². The summed E-state index contributed by atoms with van der Waals surface area (Å²) in [6.07, 6.45) is 2.11. The van der Waals surface area contributed by atoms with Crippen LogP contribution in [0, 0.1) is 5.82 Å². The van der Waals surface area contributed by atoms with Crippen molar-refractivity contribution in [2.75, 3.05) is 10.6 Å². The molecular formula is C19H14Cl2FN3O2S. The van der Waals surface area contributed by atoms with Crippen LogP contribution >= 0.6 is 34.5 Å². The van der Waals surface area contributed by atoms with E-state index in [9.17, 15) is 14.0 Å². The number of thiazole rings is 1. The molecule has 3 rings (SSSR count). The SMILES string of the molecule is CC(=O)Nc1ccc(F)c(C(=O)Nc2ncc(Cc3cc(Cl)ccc3Cl)s2)c1. The van der Waals surface area contributed by atoms with Gasteiger partial charge in [0.15, 0.2) is 5.13 Å². The predicted molar refractivity (Wildman–Crippen MR) is 110 cm³/mol. The summed E-state index contributed by atoms with van der Waals surface area (Å²) < 4.78 is 14.0. The van der Waals surface area contributed by atoms with E-state index in [2.05, 4.69) is 15.6 Å². The molecule has 0 aliphatic carbocycles. The summed E-state index contributed by atoms with van der Waals surface area (Å²) >= 11 is 13.4. The molecule has 2 N–H and O–H groups in total. The van der Waals surface area contributed by atoms with Gasteiger partial charge in [-0.3, -0.25) is 14.9 Å². The normalized spacial score (nSPS) is 10.6. The van der Waals surface area contributed by atoms with Gasteiger partial charge < -0.3 is 5.32 Å². The lowest BCUT2D eigenvalue weighted by atomic mass is 10.1. The Morgan fingerprint density at radius 3 is 2.68 bits per heavy atom. The molecule has 0 atom stereocenters. The Labute approximate surface area is 174 Å². The first-order chi connectivity index (χ1) is 13.3. The summed E-state index contributed by atoms with van der Waals surface area (Å²) in [4.78, 5) is 28.5. The molecule has 28 heavy (non-hydrogen) atoms. The van der Waals surface area contributed by atoms with Crippen LogP contribution in [0.25, 0.3) is 0 Å². The van der Waals surface area contributed by atoms with Gasteiger partial charge in [-0.2, -0.15) is 0 Å². The number of nitrogens with zero attached hydrogens (tertiary/aromatic N) is 1. The topological polar surface area (TPSA) is 71.1 Å². The molecule has 0 bridgehead atoms. The van der Waals surface area contributed by atoms with Crippen molar-refractivity contribution in [3.8, 4) is 0 Å². The van der Waals surface area contributed by atoms with E-state index < -0.39 is 11.7 Å². The summed E-state index contributed by atoms with van der Waals surface area (Å²) in [5, 5.41) is 6.56. The molecule has 144 valence electrons. The largest absolute Gasteiger partial charge is 0.326 e. The second kappa shape index (κ2) is 8.68. The van der Waals surface area contributed by atoms with E-state index in [0.717, 1.165) is 16.5 Å². The Balaban J connectivity index is 1.73. The minimum atomic E-state index is -0.700. The number of halogens is 3. The molecule has 0 aliphatic rings. The molecule has 3 aromatic rings. The minimum absolute atomic E-state index is 0.194. The summed E-state index contributed by atoms with van der Waals surface area (Å²) in [6.45, 7) is 1.33. The van der Waals surface area contributed by atoms with Crippen LogP contribution in [0.2, 0.25) is 10.0 Å². The van der Waals surface area contributed by atoms with Gasteiger partial charge in [-0.15, -0.1) is 11.3 Å². The zero-order valence-electron chi connectivity index (χ0n) is 14.6. The lowest BCUT2D eigenvalue weighted by Gasteiger charge is -2.07. The highest BCUT2D eigenvalue weighted by Crippen LogP contribution is 2.27. The third kappa shape index (κ3) is 5.07. The number of nitrogens with one attached hydrogen (secondary N) is 2. The van der Waals surface area contributed by atoms with E-state index in [0.29, 0.717) is 27.3 Å². The molecule has 0 spiro atoms. The lowest BCUT2D eigenvalue weighted by molar-refractivity contribution is -0.114. The van der Waals surface area contributed by atoms with Crippen LogP contribution in [0.15, 0.2) is 42.6 Å². The van der Waals surface area contributed by atoms with Gasteiger partial charge >= 0.3 is 0 Å². The van der Waals surface area contributed by atoms with Crippen molar-refractivity contribution in [3.05, 3.63) is 74.5 Å². The Bertz CT molecular complexity index is 1060. The standard InChI is InChI=1S/C19H14Cl2FN3O2S/c1-10(26)24-13-3-5-17(22)15(8-13)18(27)25-19-23-9-14(28-19)7-11-6-12(20)2-4-16(11)21/h2-6,8-9H,7H2,1H3,(H,24,26)(H,23,25,27). The van der Waals surface area contributed by atoms with Crippen LogP contribution < -0.4 is 10.6 Å². The van der Waals surface area contributed by atoms with E-state index >= 15 is 0 Å². The molecule has 0 radical (unpaired) electrons. The number of rotatable bonds is 5. The van der Waals surface area contributed by atoms with Crippen LogP contribution in [-0.4, -0.2) is 16.8 Å². The van der Waals surface area contributed by atoms with Gasteiger partial charge in [0.2, 0.25) is 5.91 Å². The van der Waals surface area contributed by atoms with Crippen molar-refractivity contribution >= 4 is 57.2 Å². The second-order valence-corrected chi connectivity index (χ2v) is 7.83. The lowest BCUT2D eigenvalue weighted by Crippen LogP contribution is -2.15. The summed E-state index contributed by atoms with van der Waals surface area (Å²) in [6, 6.07) is 8.96. The monoisotopic (exact) mass is 437 g/mol. The van der Waals surface area contributed by atoms with E-state index in [1.807, 2.05) is 0 Å². The van der Waals surface area contributed by atoms with Crippen LogP contribution in [-0.2, 0) is 11.2 Å². The van der Waals surface area contributed by atoms with Crippen molar-refractivity contribution < 1.29 is 14.0 Å². The molecule has 0 unspecified atom stereocenters. The van der Waals surface area contributed by atoms with Crippen LogP contribution in [0.4, 0.5) is 15.2 Å². The Hall–Kier alpha value is -2.48. The van der Waals surface area contributed by atoms with Gasteiger partial charge in [0.1, 0.15) is 5.82 Å². The number of benzene rings is 2. The van der Waals surface area contributed by atoms with E-state index in [-0.39, 0.29) is 11.5 Å². The van der Waals surface area contributed by atoms with Gasteiger partial charge in [-0.25, -0.2) is 9.37 Å². The van der Waals surface area contributed by atoms with E-state index in [1.165, 1.54) is 30.4 Å². The molecular weight excluding hydrogens is 424 g/mol. The van der Waals surface area contributed by atoms with Crippen LogP contribution in [0.3, 0.4) is 0 Å². The second-order valence-electron chi connectivity index (χ2n) is 5.87. The zero-order chi connectivity index (χ0) is 20.3.